The van der Waals surface area contributed by atoms with Crippen LogP contribution in [0.25, 0.3) is 0 Å². The molecule has 0 unspecified atom stereocenters. The van der Waals surface area contributed by atoms with Crippen molar-refractivity contribution in [3.8, 4) is 0 Å². The molecule has 0 aliphatic heterocycles. The monoisotopic (exact) mass is 190 g/mol. The number of benzene rings is 1. The highest BCUT2D eigenvalue weighted by Crippen LogP contribution is 2.09. The minimum Gasteiger partial charge on any atom is -0.478 e. The molecular formula is C12H14O2. The Hall–Kier alpha value is -1.57. The first-order valence-electron chi connectivity index (χ1n) is 4.62. The number of rotatable bonds is 4. The van der Waals surface area contributed by atoms with E-state index in [1.165, 1.54) is 5.56 Å². The van der Waals surface area contributed by atoms with Crippen molar-refractivity contribution in [3.05, 3.63) is 47.5 Å². The molecule has 2 nitrogen and oxygen atoms in total. The molecule has 2 heteroatoms. The first kappa shape index (κ1) is 10.5. The Morgan fingerprint density at radius 2 is 1.79 bits per heavy atom. The molecule has 0 aromatic heterocycles. The van der Waals surface area contributed by atoms with Crippen molar-refractivity contribution in [2.24, 2.45) is 0 Å². The third-order valence-corrected chi connectivity index (χ3v) is 2.15. The van der Waals surface area contributed by atoms with Crippen molar-refractivity contribution in [1.82, 2.24) is 0 Å². The molecule has 1 N–H and O–H groups in total. The van der Waals surface area contributed by atoms with Crippen LogP contribution in [0.1, 0.15) is 18.1 Å². The number of carboxylic acids is 1. The number of aryl methyl sites for hydroxylation is 1. The van der Waals surface area contributed by atoms with Crippen molar-refractivity contribution >= 4 is 5.97 Å². The van der Waals surface area contributed by atoms with Gasteiger partial charge >= 0.3 is 5.97 Å². The van der Waals surface area contributed by atoms with E-state index in [0.29, 0.717) is 6.42 Å². The van der Waals surface area contributed by atoms with Gasteiger partial charge in [0.2, 0.25) is 0 Å². The fourth-order valence-electron chi connectivity index (χ4n) is 1.21. The van der Waals surface area contributed by atoms with Gasteiger partial charge in [-0.05, 0) is 17.5 Å². The third kappa shape index (κ3) is 2.73. The summed E-state index contributed by atoms with van der Waals surface area (Å²) < 4.78 is 0. The summed E-state index contributed by atoms with van der Waals surface area (Å²) in [6, 6.07) is 7.94. The molecule has 1 aromatic carbocycles. The SMILES string of the molecule is C=C(Cc1ccc(CC)cc1)C(=O)O. The topological polar surface area (TPSA) is 37.3 Å². The van der Waals surface area contributed by atoms with Crippen LogP contribution in [0.3, 0.4) is 0 Å². The van der Waals surface area contributed by atoms with Gasteiger partial charge in [0.05, 0.1) is 0 Å². The Bertz CT molecular complexity index is 336. The van der Waals surface area contributed by atoms with Crippen molar-refractivity contribution in [1.29, 1.82) is 0 Å². The zero-order valence-corrected chi connectivity index (χ0v) is 8.29. The van der Waals surface area contributed by atoms with Gasteiger partial charge in [-0.15, -0.1) is 0 Å². The van der Waals surface area contributed by atoms with Crippen LogP contribution in [0.5, 0.6) is 0 Å². The van der Waals surface area contributed by atoms with E-state index in [1.54, 1.807) is 0 Å². The maximum Gasteiger partial charge on any atom is 0.331 e. The number of hydrogen-bond acceptors (Lipinski definition) is 1. The molecule has 14 heavy (non-hydrogen) atoms. The second kappa shape index (κ2) is 4.61. The van der Waals surface area contributed by atoms with Gasteiger partial charge in [0.1, 0.15) is 0 Å². The summed E-state index contributed by atoms with van der Waals surface area (Å²) in [6.45, 7) is 5.58. The molecule has 1 aromatic rings. The summed E-state index contributed by atoms with van der Waals surface area (Å²) >= 11 is 0. The van der Waals surface area contributed by atoms with Crippen molar-refractivity contribution in [2.45, 2.75) is 19.8 Å². The van der Waals surface area contributed by atoms with E-state index in [0.717, 1.165) is 12.0 Å². The fourth-order valence-corrected chi connectivity index (χ4v) is 1.21. The number of hydrogen-bond donors (Lipinski definition) is 1. The summed E-state index contributed by atoms with van der Waals surface area (Å²) in [6.07, 6.45) is 1.42. The molecule has 1 rings (SSSR count). The summed E-state index contributed by atoms with van der Waals surface area (Å²) in [4.78, 5) is 10.5. The molecule has 74 valence electrons. The molecule has 0 bridgehead atoms. The minimum atomic E-state index is -0.926. The van der Waals surface area contributed by atoms with E-state index in [2.05, 4.69) is 13.5 Å². The smallest absolute Gasteiger partial charge is 0.331 e. The van der Waals surface area contributed by atoms with Gasteiger partial charge in [-0.2, -0.15) is 0 Å². The lowest BCUT2D eigenvalue weighted by atomic mass is 10.0. The Labute approximate surface area is 83.9 Å². The Morgan fingerprint density at radius 3 is 2.21 bits per heavy atom. The van der Waals surface area contributed by atoms with Gasteiger partial charge in [0.15, 0.2) is 0 Å². The normalized spacial score (nSPS) is 9.79. The van der Waals surface area contributed by atoms with Crippen LogP contribution in [0.2, 0.25) is 0 Å². The second-order valence-corrected chi connectivity index (χ2v) is 3.26. The first-order valence-corrected chi connectivity index (χ1v) is 4.62. The molecule has 0 aliphatic rings. The number of carboxylic acid groups (broad SMARTS) is 1. The maximum atomic E-state index is 10.5. The van der Waals surface area contributed by atoms with Crippen LogP contribution in [-0.2, 0) is 17.6 Å². The lowest BCUT2D eigenvalue weighted by Crippen LogP contribution is -2.02. The standard InChI is InChI=1S/C12H14O2/c1-3-10-4-6-11(7-5-10)8-9(2)12(13)14/h4-7H,2-3,8H2,1H3,(H,13,14). The first-order chi connectivity index (χ1) is 6.63. The second-order valence-electron chi connectivity index (χ2n) is 3.26. The molecule has 0 amide bonds. The van der Waals surface area contributed by atoms with Crippen LogP contribution in [0.15, 0.2) is 36.4 Å². The molecule has 0 saturated carbocycles. The molecule has 0 radical (unpaired) electrons. The highest BCUT2D eigenvalue weighted by molar-refractivity contribution is 5.86. The third-order valence-electron chi connectivity index (χ3n) is 2.15. The Morgan fingerprint density at radius 1 is 1.29 bits per heavy atom. The number of carbonyl (C=O) groups is 1. The van der Waals surface area contributed by atoms with Crippen molar-refractivity contribution < 1.29 is 9.90 Å². The number of aliphatic carboxylic acids is 1. The van der Waals surface area contributed by atoms with Crippen LogP contribution in [-0.4, -0.2) is 11.1 Å². The summed E-state index contributed by atoms with van der Waals surface area (Å²) in [5, 5.41) is 8.64. The van der Waals surface area contributed by atoms with Crippen LogP contribution >= 0.6 is 0 Å². The average Bonchev–Trinajstić information content (AvgIpc) is 2.19. The molecule has 0 saturated heterocycles. The van der Waals surface area contributed by atoms with Crippen LogP contribution in [0, 0.1) is 0 Å². The maximum absolute atomic E-state index is 10.5. The molecule has 0 spiro atoms. The van der Waals surface area contributed by atoms with E-state index in [-0.39, 0.29) is 5.57 Å². The predicted octanol–water partition coefficient (Wildman–Crippen LogP) is 2.43. The van der Waals surface area contributed by atoms with E-state index >= 15 is 0 Å². The van der Waals surface area contributed by atoms with E-state index in [4.69, 9.17) is 5.11 Å². The molecule has 0 fully saturated rings. The summed E-state index contributed by atoms with van der Waals surface area (Å²) in [5.41, 5.74) is 2.48. The van der Waals surface area contributed by atoms with Gasteiger partial charge in [-0.25, -0.2) is 4.79 Å². The van der Waals surface area contributed by atoms with Crippen molar-refractivity contribution in [2.75, 3.05) is 0 Å². The highest BCUT2D eigenvalue weighted by atomic mass is 16.4. The zero-order chi connectivity index (χ0) is 10.6. The summed E-state index contributed by atoms with van der Waals surface area (Å²) in [5.74, 6) is -0.926. The Balaban J connectivity index is 2.69. The predicted molar refractivity (Wildman–Crippen MR) is 56.3 cm³/mol. The molecule has 0 atom stereocenters. The lowest BCUT2D eigenvalue weighted by molar-refractivity contribution is -0.132. The van der Waals surface area contributed by atoms with Crippen LogP contribution in [0.4, 0.5) is 0 Å². The minimum absolute atomic E-state index is 0.231. The zero-order valence-electron chi connectivity index (χ0n) is 8.29. The van der Waals surface area contributed by atoms with Crippen molar-refractivity contribution in [3.63, 3.8) is 0 Å². The largest absolute Gasteiger partial charge is 0.478 e. The average molecular weight is 190 g/mol. The van der Waals surface area contributed by atoms with Gasteiger partial charge in [-0.3, -0.25) is 0 Å². The molecular weight excluding hydrogens is 176 g/mol. The van der Waals surface area contributed by atoms with E-state index in [9.17, 15) is 4.79 Å². The van der Waals surface area contributed by atoms with E-state index in [1.807, 2.05) is 24.3 Å². The van der Waals surface area contributed by atoms with Gasteiger partial charge in [-0.1, -0.05) is 37.8 Å². The molecule has 0 heterocycles. The lowest BCUT2D eigenvalue weighted by Gasteiger charge is -2.02. The highest BCUT2D eigenvalue weighted by Gasteiger charge is 2.04. The fraction of sp³-hybridized carbons (Fsp3) is 0.250. The quantitative estimate of drug-likeness (QED) is 0.740. The van der Waals surface area contributed by atoms with Gasteiger partial charge in [0.25, 0.3) is 0 Å². The molecule has 0 aliphatic carbocycles. The van der Waals surface area contributed by atoms with Gasteiger partial charge in [0, 0.05) is 12.0 Å². The van der Waals surface area contributed by atoms with Gasteiger partial charge < -0.3 is 5.11 Å². The van der Waals surface area contributed by atoms with E-state index < -0.39 is 5.97 Å². The van der Waals surface area contributed by atoms with Crippen LogP contribution < -0.4 is 0 Å². The summed E-state index contributed by atoms with van der Waals surface area (Å²) in [7, 11) is 0. The Kier molecular flexibility index (Phi) is 3.46.